The zero-order chi connectivity index (χ0) is 31.4. The molecule has 0 saturated carbocycles. The van der Waals surface area contributed by atoms with E-state index in [2.05, 4.69) is 46.7 Å². The molecular formula is C36H43N5O3. The topological polar surface area (TPSA) is 97.3 Å². The number of amides is 2. The van der Waals surface area contributed by atoms with Gasteiger partial charge in [-0.2, -0.15) is 0 Å². The van der Waals surface area contributed by atoms with Crippen molar-refractivity contribution in [1.29, 1.82) is 0 Å². The number of carbonyl (C=O) groups excluding carboxylic acids is 2. The number of pyridine rings is 1. The van der Waals surface area contributed by atoms with Crippen LogP contribution in [0.4, 0.5) is 10.6 Å². The Kier molecular flexibility index (Phi) is 9.28. The highest BCUT2D eigenvalue weighted by atomic mass is 16.6. The van der Waals surface area contributed by atoms with E-state index >= 15 is 0 Å². The van der Waals surface area contributed by atoms with Gasteiger partial charge in [0.15, 0.2) is 5.82 Å². The lowest BCUT2D eigenvalue weighted by atomic mass is 9.86. The highest BCUT2D eigenvalue weighted by Gasteiger charge is 2.30. The molecule has 0 aliphatic heterocycles. The van der Waals surface area contributed by atoms with E-state index in [0.29, 0.717) is 17.7 Å². The first-order valence-corrected chi connectivity index (χ1v) is 15.6. The third kappa shape index (κ3) is 7.24. The van der Waals surface area contributed by atoms with E-state index in [1.54, 1.807) is 25.1 Å². The number of ether oxygens (including phenoxy) is 1. The van der Waals surface area contributed by atoms with Crippen LogP contribution in [0.2, 0.25) is 0 Å². The van der Waals surface area contributed by atoms with Crippen LogP contribution < -0.4 is 5.32 Å². The summed E-state index contributed by atoms with van der Waals surface area (Å²) in [5.41, 5.74) is 8.13. The second-order valence-corrected chi connectivity index (χ2v) is 13.0. The summed E-state index contributed by atoms with van der Waals surface area (Å²) >= 11 is 0. The normalized spacial score (nSPS) is 18.0. The summed E-state index contributed by atoms with van der Waals surface area (Å²) in [6.45, 7) is 7.68. The number of nitrogens with zero attached hydrogens (tertiary/aromatic N) is 4. The Balaban J connectivity index is 1.27. The lowest BCUT2D eigenvalue weighted by Gasteiger charge is -2.20. The smallest absolute Gasteiger partial charge is 0.413 e. The van der Waals surface area contributed by atoms with Gasteiger partial charge in [-0.05, 0) is 107 Å². The molecule has 2 aliphatic carbocycles. The van der Waals surface area contributed by atoms with Crippen LogP contribution in [-0.2, 0) is 4.74 Å². The maximum absolute atomic E-state index is 12.3. The van der Waals surface area contributed by atoms with Gasteiger partial charge < -0.3 is 9.64 Å². The van der Waals surface area contributed by atoms with Gasteiger partial charge in [-0.3, -0.25) is 15.1 Å². The van der Waals surface area contributed by atoms with Crippen LogP contribution in [-0.4, -0.2) is 51.8 Å². The summed E-state index contributed by atoms with van der Waals surface area (Å²) in [5.74, 6) is 1.26. The fourth-order valence-corrected chi connectivity index (χ4v) is 6.20. The molecule has 0 bridgehead atoms. The molecule has 44 heavy (non-hydrogen) atoms. The number of carbonyl (C=O) groups is 2. The number of fused-ring (bicyclic) bond motifs is 1. The maximum Gasteiger partial charge on any atom is 0.413 e. The van der Waals surface area contributed by atoms with Crippen LogP contribution in [0.15, 0.2) is 60.3 Å². The van der Waals surface area contributed by atoms with E-state index < -0.39 is 11.7 Å². The zero-order valence-corrected chi connectivity index (χ0v) is 26.7. The number of benzene rings is 1. The average Bonchev–Trinajstić information content (AvgIpc) is 3.17. The molecule has 1 unspecified atom stereocenters. The Morgan fingerprint density at radius 3 is 2.45 bits per heavy atom. The summed E-state index contributed by atoms with van der Waals surface area (Å²) in [4.78, 5) is 30.9. The van der Waals surface area contributed by atoms with E-state index in [9.17, 15) is 9.59 Å². The number of anilines is 1. The summed E-state index contributed by atoms with van der Waals surface area (Å²) in [7, 11) is 3.56. The molecule has 5 rings (SSSR count). The minimum Gasteiger partial charge on any atom is -0.444 e. The number of aromatic nitrogens is 3. The maximum atomic E-state index is 12.3. The molecule has 2 aliphatic rings. The van der Waals surface area contributed by atoms with Gasteiger partial charge in [0.25, 0.3) is 5.91 Å². The second-order valence-electron chi connectivity index (χ2n) is 13.0. The first-order valence-electron chi connectivity index (χ1n) is 15.6. The van der Waals surface area contributed by atoms with Crippen molar-refractivity contribution in [2.45, 2.75) is 77.7 Å². The van der Waals surface area contributed by atoms with Crippen LogP contribution in [0.1, 0.15) is 99.3 Å². The minimum atomic E-state index is -0.592. The Labute approximate surface area is 260 Å². The van der Waals surface area contributed by atoms with Crippen LogP contribution in [0, 0.1) is 5.92 Å². The zero-order valence-electron chi connectivity index (χ0n) is 26.7. The molecule has 2 atom stereocenters. The monoisotopic (exact) mass is 593 g/mol. The van der Waals surface area contributed by atoms with Crippen LogP contribution in [0.25, 0.3) is 22.9 Å². The molecule has 8 heteroatoms. The lowest BCUT2D eigenvalue weighted by Crippen LogP contribution is -2.27. The largest absolute Gasteiger partial charge is 0.444 e. The van der Waals surface area contributed by atoms with Gasteiger partial charge >= 0.3 is 6.09 Å². The molecule has 0 saturated heterocycles. The van der Waals surface area contributed by atoms with Gasteiger partial charge in [-0.25, -0.2) is 4.79 Å². The van der Waals surface area contributed by atoms with Gasteiger partial charge in [-0.1, -0.05) is 36.8 Å². The van der Waals surface area contributed by atoms with Crippen molar-refractivity contribution in [2.75, 3.05) is 19.4 Å². The SMILES string of the molecule is CCC1C(C[C@@H]2CCC=C(c3ccc(C(=O)N(C)C)cc3)CC2)=Cc2c(-c3ccc(NC(=O)OC(C)(C)C)nn3)ccnc21. The van der Waals surface area contributed by atoms with E-state index in [1.807, 2.05) is 51.2 Å². The minimum absolute atomic E-state index is 0.0275. The number of hydrogen-bond donors (Lipinski definition) is 1. The van der Waals surface area contributed by atoms with Crippen LogP contribution >= 0.6 is 0 Å². The Morgan fingerprint density at radius 2 is 1.80 bits per heavy atom. The molecule has 8 nitrogen and oxygen atoms in total. The second kappa shape index (κ2) is 13.1. The predicted octanol–water partition coefficient (Wildman–Crippen LogP) is 8.14. The molecule has 3 aromatic rings. The predicted molar refractivity (Wildman–Crippen MR) is 175 cm³/mol. The van der Waals surface area contributed by atoms with Gasteiger partial charge in [0.2, 0.25) is 0 Å². The molecule has 0 fully saturated rings. The molecule has 1 N–H and O–H groups in total. The van der Waals surface area contributed by atoms with Crippen molar-refractivity contribution in [3.05, 3.63) is 82.7 Å². The first kappa shape index (κ1) is 31.1. The Bertz CT molecular complexity index is 1570. The molecule has 230 valence electrons. The van der Waals surface area contributed by atoms with Gasteiger partial charge in [-0.15, -0.1) is 10.2 Å². The highest BCUT2D eigenvalue weighted by molar-refractivity contribution is 5.94. The molecule has 2 heterocycles. The highest BCUT2D eigenvalue weighted by Crippen LogP contribution is 2.45. The Hall–Kier alpha value is -4.33. The van der Waals surface area contributed by atoms with E-state index in [4.69, 9.17) is 9.72 Å². The molecule has 0 radical (unpaired) electrons. The molecular weight excluding hydrogens is 550 g/mol. The quantitative estimate of drug-likeness (QED) is 0.297. The van der Waals surface area contributed by atoms with Crippen molar-refractivity contribution < 1.29 is 14.3 Å². The van der Waals surface area contributed by atoms with Gasteiger partial charge in [0.05, 0.1) is 11.4 Å². The molecule has 2 amide bonds. The summed E-state index contributed by atoms with van der Waals surface area (Å²) in [6.07, 6.45) is 12.4. The first-order chi connectivity index (χ1) is 21.0. The molecule has 1 aromatic carbocycles. The van der Waals surface area contributed by atoms with Crippen LogP contribution in [0.3, 0.4) is 0 Å². The fourth-order valence-electron chi connectivity index (χ4n) is 6.20. The summed E-state index contributed by atoms with van der Waals surface area (Å²) < 4.78 is 5.32. The number of allylic oxidation sites excluding steroid dienone is 3. The fraction of sp³-hybridized carbons (Fsp3) is 0.417. The van der Waals surface area contributed by atoms with E-state index in [-0.39, 0.29) is 5.91 Å². The van der Waals surface area contributed by atoms with Crippen molar-refractivity contribution >= 4 is 29.5 Å². The van der Waals surface area contributed by atoms with E-state index in [1.165, 1.54) is 16.7 Å². The summed E-state index contributed by atoms with van der Waals surface area (Å²) in [6, 6.07) is 13.7. The molecule has 2 aromatic heterocycles. The van der Waals surface area contributed by atoms with Gasteiger partial charge in [0, 0.05) is 42.9 Å². The van der Waals surface area contributed by atoms with Gasteiger partial charge in [0.1, 0.15) is 5.60 Å². The van der Waals surface area contributed by atoms with Crippen molar-refractivity contribution in [3.8, 4) is 11.3 Å². The summed E-state index contributed by atoms with van der Waals surface area (Å²) in [5, 5.41) is 11.3. The average molecular weight is 594 g/mol. The van der Waals surface area contributed by atoms with Crippen LogP contribution in [0.5, 0.6) is 0 Å². The third-order valence-corrected chi connectivity index (χ3v) is 8.33. The number of nitrogens with one attached hydrogen (secondary N) is 1. The standard InChI is InChI=1S/C36H43N5O3/c1-7-28-27(21-23-9-8-10-24(12-11-23)25-13-15-26(16-14-25)34(42)41(5)6)22-30-29(19-20-37-33(28)30)31-17-18-32(40-39-31)38-35(43)44-36(2,3)4/h10,13-20,22-23,28H,7-9,11-12,21H2,1-6H3,(H,38,40,43)/t23-,28?/m1/s1. The Morgan fingerprint density at radius 1 is 1.02 bits per heavy atom. The van der Waals surface area contributed by atoms with Crippen molar-refractivity contribution in [2.24, 2.45) is 5.92 Å². The number of rotatable bonds is 7. The van der Waals surface area contributed by atoms with Crippen molar-refractivity contribution in [1.82, 2.24) is 20.1 Å². The lowest BCUT2D eigenvalue weighted by molar-refractivity contribution is 0.0634. The third-order valence-electron chi connectivity index (χ3n) is 8.33. The number of hydrogen-bond acceptors (Lipinski definition) is 6. The van der Waals surface area contributed by atoms with E-state index in [0.717, 1.165) is 66.6 Å². The molecule has 0 spiro atoms. The van der Waals surface area contributed by atoms with Crippen molar-refractivity contribution in [3.63, 3.8) is 0 Å².